The topological polar surface area (TPSA) is 82.1 Å². The van der Waals surface area contributed by atoms with Crippen LogP contribution in [0.15, 0.2) is 36.8 Å². The minimum atomic E-state index is 0.202. The Morgan fingerprint density at radius 1 is 1.30 bits per heavy atom. The van der Waals surface area contributed by atoms with Crippen LogP contribution >= 0.6 is 0 Å². The average Bonchev–Trinajstić information content (AvgIpc) is 3.21. The van der Waals surface area contributed by atoms with Crippen molar-refractivity contribution in [2.75, 3.05) is 25.1 Å². The number of methoxy groups -OCH3 is 1. The Morgan fingerprint density at radius 2 is 2.22 bits per heavy atom. The molecular weight excluding hydrogens is 292 g/mol. The Morgan fingerprint density at radius 3 is 3.00 bits per heavy atom. The Hall–Kier alpha value is -2.67. The maximum absolute atomic E-state index is 6.01. The second-order valence-electron chi connectivity index (χ2n) is 5.69. The number of rotatable bonds is 3. The zero-order chi connectivity index (χ0) is 15.8. The maximum Gasteiger partial charge on any atom is 0.168 e. The molecule has 23 heavy (non-hydrogen) atoms. The molecule has 0 amide bonds. The number of nitrogens with zero attached hydrogens (tertiary/aromatic N) is 5. The fourth-order valence-electron chi connectivity index (χ4n) is 2.99. The first-order valence-corrected chi connectivity index (χ1v) is 7.60. The van der Waals surface area contributed by atoms with Crippen molar-refractivity contribution in [1.82, 2.24) is 19.7 Å². The van der Waals surface area contributed by atoms with Crippen LogP contribution in [0.2, 0.25) is 0 Å². The lowest BCUT2D eigenvalue weighted by Gasteiger charge is -2.17. The molecule has 0 bridgehead atoms. The summed E-state index contributed by atoms with van der Waals surface area (Å²) in [5, 5.41) is 5.43. The fraction of sp³-hybridized carbons (Fsp3) is 0.312. The van der Waals surface area contributed by atoms with E-state index in [1.54, 1.807) is 18.1 Å². The van der Waals surface area contributed by atoms with Crippen LogP contribution in [0.5, 0.6) is 5.75 Å². The van der Waals surface area contributed by atoms with E-state index in [2.05, 4.69) is 20.0 Å². The minimum absolute atomic E-state index is 0.202. The molecule has 1 aliphatic heterocycles. The Kier molecular flexibility index (Phi) is 3.34. The number of aromatic nitrogens is 4. The molecule has 0 radical (unpaired) electrons. The van der Waals surface area contributed by atoms with E-state index in [1.165, 1.54) is 0 Å². The van der Waals surface area contributed by atoms with Crippen LogP contribution in [0.4, 0.5) is 5.82 Å². The van der Waals surface area contributed by atoms with Gasteiger partial charge in [-0.15, -0.1) is 0 Å². The smallest absolute Gasteiger partial charge is 0.168 e. The first-order chi connectivity index (χ1) is 11.3. The van der Waals surface area contributed by atoms with Crippen LogP contribution in [-0.2, 0) is 0 Å². The molecule has 1 aliphatic rings. The summed E-state index contributed by atoms with van der Waals surface area (Å²) in [6, 6.07) is 7.95. The zero-order valence-electron chi connectivity index (χ0n) is 12.9. The lowest BCUT2D eigenvalue weighted by atomic mass is 10.3. The van der Waals surface area contributed by atoms with Gasteiger partial charge in [-0.2, -0.15) is 5.10 Å². The van der Waals surface area contributed by atoms with Crippen molar-refractivity contribution in [1.29, 1.82) is 0 Å². The van der Waals surface area contributed by atoms with Crippen LogP contribution in [0.25, 0.3) is 16.7 Å². The highest BCUT2D eigenvalue weighted by molar-refractivity contribution is 5.87. The Bertz CT molecular complexity index is 845. The van der Waals surface area contributed by atoms with E-state index < -0.39 is 0 Å². The van der Waals surface area contributed by atoms with Crippen molar-refractivity contribution >= 4 is 16.9 Å². The summed E-state index contributed by atoms with van der Waals surface area (Å²) in [4.78, 5) is 11.1. The summed E-state index contributed by atoms with van der Waals surface area (Å²) < 4.78 is 7.09. The molecule has 0 spiro atoms. The molecule has 0 aliphatic carbocycles. The molecule has 1 saturated heterocycles. The van der Waals surface area contributed by atoms with Crippen LogP contribution < -0.4 is 15.4 Å². The maximum atomic E-state index is 6.01. The van der Waals surface area contributed by atoms with Crippen LogP contribution in [-0.4, -0.2) is 46.0 Å². The predicted octanol–water partition coefficient (Wildman–Crippen LogP) is 1.36. The number of hydrogen-bond donors (Lipinski definition) is 1. The summed E-state index contributed by atoms with van der Waals surface area (Å²) in [5.41, 5.74) is 7.70. The number of hydrogen-bond acceptors (Lipinski definition) is 6. The second-order valence-corrected chi connectivity index (χ2v) is 5.69. The van der Waals surface area contributed by atoms with Crippen molar-refractivity contribution < 1.29 is 4.74 Å². The summed E-state index contributed by atoms with van der Waals surface area (Å²) >= 11 is 0. The monoisotopic (exact) mass is 310 g/mol. The minimum Gasteiger partial charge on any atom is -0.497 e. The molecule has 7 nitrogen and oxygen atoms in total. The third kappa shape index (κ3) is 2.39. The fourth-order valence-corrected chi connectivity index (χ4v) is 2.99. The molecule has 3 aromatic rings. The molecular formula is C16H18N6O. The van der Waals surface area contributed by atoms with Gasteiger partial charge in [0.1, 0.15) is 17.9 Å². The third-order valence-corrected chi connectivity index (χ3v) is 4.17. The Balaban J connectivity index is 1.81. The summed E-state index contributed by atoms with van der Waals surface area (Å²) in [6.45, 7) is 1.73. The van der Waals surface area contributed by atoms with Gasteiger partial charge in [-0.25, -0.2) is 14.6 Å². The summed E-state index contributed by atoms with van der Waals surface area (Å²) in [5.74, 6) is 1.68. The second kappa shape index (κ2) is 5.51. The van der Waals surface area contributed by atoms with Crippen LogP contribution in [0.3, 0.4) is 0 Å². The molecule has 1 unspecified atom stereocenters. The Labute approximate surface area is 133 Å². The number of ether oxygens (including phenoxy) is 1. The van der Waals surface area contributed by atoms with Gasteiger partial charge >= 0.3 is 0 Å². The van der Waals surface area contributed by atoms with E-state index in [1.807, 2.05) is 30.5 Å². The van der Waals surface area contributed by atoms with E-state index in [0.717, 1.165) is 47.8 Å². The molecule has 1 aromatic carbocycles. The van der Waals surface area contributed by atoms with Gasteiger partial charge in [0.2, 0.25) is 0 Å². The molecule has 1 atom stereocenters. The van der Waals surface area contributed by atoms with Crippen LogP contribution in [0, 0.1) is 0 Å². The molecule has 4 rings (SSSR count). The molecule has 2 aromatic heterocycles. The van der Waals surface area contributed by atoms with E-state index in [-0.39, 0.29) is 6.04 Å². The van der Waals surface area contributed by atoms with Gasteiger partial charge in [-0.1, -0.05) is 6.07 Å². The molecule has 3 heterocycles. The molecule has 118 valence electrons. The largest absolute Gasteiger partial charge is 0.497 e. The van der Waals surface area contributed by atoms with Gasteiger partial charge in [0.05, 0.1) is 24.4 Å². The number of nitrogens with two attached hydrogens (primary N) is 1. The van der Waals surface area contributed by atoms with Gasteiger partial charge in [0.15, 0.2) is 5.65 Å². The molecule has 1 fully saturated rings. The highest BCUT2D eigenvalue weighted by Gasteiger charge is 2.23. The van der Waals surface area contributed by atoms with E-state index in [4.69, 9.17) is 10.5 Å². The standard InChI is InChI=1S/C16H18N6O/c1-23-13-4-2-3-12(7-13)22-16-14(8-20-22)15(18-10-19-16)21-6-5-11(17)9-21/h2-4,7-8,10-11H,5-6,9,17H2,1H3. The number of fused-ring (bicyclic) bond motifs is 1. The summed E-state index contributed by atoms with van der Waals surface area (Å²) in [6.07, 6.45) is 4.38. The molecule has 0 saturated carbocycles. The van der Waals surface area contributed by atoms with E-state index in [0.29, 0.717) is 0 Å². The number of benzene rings is 1. The highest BCUT2D eigenvalue weighted by atomic mass is 16.5. The van der Waals surface area contributed by atoms with Gasteiger partial charge in [0.25, 0.3) is 0 Å². The van der Waals surface area contributed by atoms with Gasteiger partial charge in [-0.05, 0) is 18.6 Å². The first kappa shape index (κ1) is 14.0. The molecule has 7 heteroatoms. The molecule has 2 N–H and O–H groups in total. The average molecular weight is 310 g/mol. The van der Waals surface area contributed by atoms with Crippen molar-refractivity contribution in [3.8, 4) is 11.4 Å². The SMILES string of the molecule is COc1cccc(-n2ncc3c(N4CCC(N)C4)ncnc32)c1. The van der Waals surface area contributed by atoms with Crippen molar-refractivity contribution in [2.24, 2.45) is 5.73 Å². The van der Waals surface area contributed by atoms with Crippen molar-refractivity contribution in [2.45, 2.75) is 12.5 Å². The van der Waals surface area contributed by atoms with E-state index in [9.17, 15) is 0 Å². The third-order valence-electron chi connectivity index (χ3n) is 4.17. The lowest BCUT2D eigenvalue weighted by molar-refractivity contribution is 0.414. The number of anilines is 1. The zero-order valence-corrected chi connectivity index (χ0v) is 12.9. The first-order valence-electron chi connectivity index (χ1n) is 7.60. The van der Waals surface area contributed by atoms with Crippen molar-refractivity contribution in [3.63, 3.8) is 0 Å². The highest BCUT2D eigenvalue weighted by Crippen LogP contribution is 2.27. The van der Waals surface area contributed by atoms with Gasteiger partial charge < -0.3 is 15.4 Å². The lowest BCUT2D eigenvalue weighted by Crippen LogP contribution is -2.27. The van der Waals surface area contributed by atoms with Gasteiger partial charge in [-0.3, -0.25) is 0 Å². The van der Waals surface area contributed by atoms with E-state index >= 15 is 0 Å². The van der Waals surface area contributed by atoms with Crippen LogP contribution in [0.1, 0.15) is 6.42 Å². The quantitative estimate of drug-likeness (QED) is 0.786. The summed E-state index contributed by atoms with van der Waals surface area (Å²) in [7, 11) is 1.65. The predicted molar refractivity (Wildman–Crippen MR) is 88.0 cm³/mol. The van der Waals surface area contributed by atoms with Gasteiger partial charge in [0, 0.05) is 25.2 Å². The normalized spacial score (nSPS) is 17.8. The van der Waals surface area contributed by atoms with Crippen molar-refractivity contribution in [3.05, 3.63) is 36.8 Å².